The van der Waals surface area contributed by atoms with E-state index in [1.54, 1.807) is 0 Å². The molecule has 5 nitrogen and oxygen atoms in total. The van der Waals surface area contributed by atoms with Crippen LogP contribution in [0.2, 0.25) is 0 Å². The zero-order valence-corrected chi connectivity index (χ0v) is 37.1. The topological polar surface area (TPSA) is 61.8 Å². The highest BCUT2D eigenvalue weighted by atomic mass is 16.6. The SMILES string of the molecule is CC/C=C\C/C=C\C/C=C\C/C=C\CCCCCCC(=O)OCC(COCCCCCCCCCC)OC(=O)CCCCCCC/C=C\CCCCCCCC. The number of carbonyl (C=O) groups excluding carboxylic acids is 2. The zero-order valence-electron chi connectivity index (χ0n) is 37.1. The van der Waals surface area contributed by atoms with Gasteiger partial charge in [-0.25, -0.2) is 0 Å². The van der Waals surface area contributed by atoms with Crippen molar-refractivity contribution in [1.29, 1.82) is 0 Å². The van der Waals surface area contributed by atoms with E-state index >= 15 is 0 Å². The van der Waals surface area contributed by atoms with E-state index in [1.807, 2.05) is 0 Å². The molecule has 1 atom stereocenters. The number of unbranched alkanes of at least 4 members (excludes halogenated alkanes) is 22. The minimum absolute atomic E-state index is 0.0697. The predicted molar refractivity (Wildman–Crippen MR) is 242 cm³/mol. The first-order valence-corrected chi connectivity index (χ1v) is 23.8. The Bertz CT molecular complexity index is 977. The van der Waals surface area contributed by atoms with Crippen molar-refractivity contribution in [2.24, 2.45) is 0 Å². The maximum absolute atomic E-state index is 12.7. The molecule has 324 valence electrons. The Morgan fingerprint density at radius 1 is 0.411 bits per heavy atom. The maximum Gasteiger partial charge on any atom is 0.306 e. The van der Waals surface area contributed by atoms with Gasteiger partial charge in [0.25, 0.3) is 0 Å². The highest BCUT2D eigenvalue weighted by Crippen LogP contribution is 2.13. The van der Waals surface area contributed by atoms with Crippen LogP contribution in [0.4, 0.5) is 0 Å². The Labute approximate surface area is 347 Å². The van der Waals surface area contributed by atoms with Gasteiger partial charge in [0.2, 0.25) is 0 Å². The largest absolute Gasteiger partial charge is 0.462 e. The lowest BCUT2D eigenvalue weighted by atomic mass is 10.1. The van der Waals surface area contributed by atoms with Crippen LogP contribution in [0, 0.1) is 0 Å². The summed E-state index contributed by atoms with van der Waals surface area (Å²) in [7, 11) is 0. The van der Waals surface area contributed by atoms with Gasteiger partial charge in [-0.05, 0) is 83.5 Å². The summed E-state index contributed by atoms with van der Waals surface area (Å²) in [5.74, 6) is -0.432. The molecule has 0 aromatic rings. The molecule has 0 aliphatic heterocycles. The molecule has 0 amide bonds. The number of carbonyl (C=O) groups is 2. The van der Waals surface area contributed by atoms with Crippen LogP contribution in [0.1, 0.15) is 226 Å². The van der Waals surface area contributed by atoms with E-state index in [2.05, 4.69) is 81.5 Å². The van der Waals surface area contributed by atoms with Crippen molar-refractivity contribution in [1.82, 2.24) is 0 Å². The van der Waals surface area contributed by atoms with Crippen LogP contribution in [0.3, 0.4) is 0 Å². The normalized spacial score (nSPS) is 12.7. The first-order chi connectivity index (χ1) is 27.6. The Balaban J connectivity index is 4.24. The molecule has 0 rings (SSSR count). The smallest absolute Gasteiger partial charge is 0.306 e. The van der Waals surface area contributed by atoms with E-state index in [-0.39, 0.29) is 25.2 Å². The fourth-order valence-corrected chi connectivity index (χ4v) is 6.49. The molecular weight excluding hydrogens is 693 g/mol. The molecule has 0 bridgehead atoms. The lowest BCUT2D eigenvalue weighted by molar-refractivity contribution is -0.163. The zero-order chi connectivity index (χ0) is 40.7. The van der Waals surface area contributed by atoms with Crippen molar-refractivity contribution in [2.75, 3.05) is 19.8 Å². The quantitative estimate of drug-likeness (QED) is 0.0350. The molecular formula is C51H90O5. The summed E-state index contributed by atoms with van der Waals surface area (Å²) < 4.78 is 17.3. The molecule has 0 aliphatic rings. The van der Waals surface area contributed by atoms with Gasteiger partial charge in [0.15, 0.2) is 6.10 Å². The first-order valence-electron chi connectivity index (χ1n) is 23.8. The van der Waals surface area contributed by atoms with E-state index in [4.69, 9.17) is 14.2 Å². The first kappa shape index (κ1) is 53.6. The van der Waals surface area contributed by atoms with Crippen molar-refractivity contribution >= 4 is 11.9 Å². The molecule has 1 unspecified atom stereocenters. The Morgan fingerprint density at radius 2 is 0.804 bits per heavy atom. The highest BCUT2D eigenvalue weighted by Gasteiger charge is 2.17. The third-order valence-electron chi connectivity index (χ3n) is 10.0. The summed E-state index contributed by atoms with van der Waals surface area (Å²) in [6, 6.07) is 0. The predicted octanol–water partition coefficient (Wildman–Crippen LogP) is 15.8. The summed E-state index contributed by atoms with van der Waals surface area (Å²) >= 11 is 0. The van der Waals surface area contributed by atoms with Crippen LogP contribution in [0.15, 0.2) is 60.8 Å². The third kappa shape index (κ3) is 44.3. The van der Waals surface area contributed by atoms with E-state index in [0.29, 0.717) is 19.4 Å². The average molecular weight is 783 g/mol. The van der Waals surface area contributed by atoms with Crippen LogP contribution < -0.4 is 0 Å². The van der Waals surface area contributed by atoms with Crippen LogP contribution in [-0.2, 0) is 23.8 Å². The van der Waals surface area contributed by atoms with Gasteiger partial charge in [0.05, 0.1) is 6.61 Å². The van der Waals surface area contributed by atoms with Crippen LogP contribution in [0.5, 0.6) is 0 Å². The monoisotopic (exact) mass is 783 g/mol. The molecule has 0 aromatic carbocycles. The Morgan fingerprint density at radius 3 is 1.30 bits per heavy atom. The van der Waals surface area contributed by atoms with E-state index < -0.39 is 6.10 Å². The number of rotatable bonds is 43. The molecule has 0 saturated carbocycles. The van der Waals surface area contributed by atoms with E-state index in [1.165, 1.54) is 96.3 Å². The van der Waals surface area contributed by atoms with Crippen molar-refractivity contribution < 1.29 is 23.8 Å². The van der Waals surface area contributed by atoms with Gasteiger partial charge in [-0.3, -0.25) is 9.59 Å². The van der Waals surface area contributed by atoms with Gasteiger partial charge < -0.3 is 14.2 Å². The second kappa shape index (κ2) is 47.0. The molecule has 56 heavy (non-hydrogen) atoms. The van der Waals surface area contributed by atoms with Crippen molar-refractivity contribution in [2.45, 2.75) is 232 Å². The van der Waals surface area contributed by atoms with Gasteiger partial charge in [-0.15, -0.1) is 0 Å². The summed E-state index contributed by atoms with van der Waals surface area (Å²) in [5, 5.41) is 0. The van der Waals surface area contributed by atoms with Gasteiger partial charge >= 0.3 is 11.9 Å². The minimum atomic E-state index is -0.547. The average Bonchev–Trinajstić information content (AvgIpc) is 3.20. The summed E-state index contributed by atoms with van der Waals surface area (Å²) in [5.41, 5.74) is 0. The van der Waals surface area contributed by atoms with Crippen LogP contribution >= 0.6 is 0 Å². The highest BCUT2D eigenvalue weighted by molar-refractivity contribution is 5.70. The summed E-state index contributed by atoms with van der Waals surface area (Å²) in [4.78, 5) is 25.3. The van der Waals surface area contributed by atoms with Crippen molar-refractivity contribution in [3.63, 3.8) is 0 Å². The molecule has 0 aromatic heterocycles. The second-order valence-electron chi connectivity index (χ2n) is 15.6. The molecule has 0 heterocycles. The maximum atomic E-state index is 12.7. The van der Waals surface area contributed by atoms with Crippen LogP contribution in [0.25, 0.3) is 0 Å². The van der Waals surface area contributed by atoms with Gasteiger partial charge in [-0.2, -0.15) is 0 Å². The molecule has 0 fully saturated rings. The minimum Gasteiger partial charge on any atom is -0.462 e. The lowest BCUT2D eigenvalue weighted by Crippen LogP contribution is -2.30. The molecule has 0 radical (unpaired) electrons. The number of hydrogen-bond acceptors (Lipinski definition) is 5. The fourth-order valence-electron chi connectivity index (χ4n) is 6.49. The molecule has 0 spiro atoms. The second-order valence-corrected chi connectivity index (χ2v) is 15.6. The Kier molecular flexibility index (Phi) is 45.0. The van der Waals surface area contributed by atoms with Crippen LogP contribution in [-0.4, -0.2) is 37.9 Å². The molecule has 0 saturated heterocycles. The molecule has 5 heteroatoms. The summed E-state index contributed by atoms with van der Waals surface area (Å²) in [6.45, 7) is 7.67. The van der Waals surface area contributed by atoms with Crippen molar-refractivity contribution in [3.05, 3.63) is 60.8 Å². The number of hydrogen-bond donors (Lipinski definition) is 0. The molecule has 0 N–H and O–H groups in total. The number of esters is 2. The third-order valence-corrected chi connectivity index (χ3v) is 10.0. The fraction of sp³-hybridized carbons (Fsp3) is 0.765. The van der Waals surface area contributed by atoms with E-state index in [0.717, 1.165) is 96.3 Å². The van der Waals surface area contributed by atoms with Crippen molar-refractivity contribution in [3.8, 4) is 0 Å². The molecule has 0 aliphatic carbocycles. The lowest BCUT2D eigenvalue weighted by Gasteiger charge is -2.18. The number of allylic oxidation sites excluding steroid dienone is 10. The van der Waals surface area contributed by atoms with Gasteiger partial charge in [-0.1, -0.05) is 191 Å². The van der Waals surface area contributed by atoms with Gasteiger partial charge in [0, 0.05) is 19.4 Å². The summed E-state index contributed by atoms with van der Waals surface area (Å²) in [6.07, 6.45) is 57.9. The van der Waals surface area contributed by atoms with E-state index in [9.17, 15) is 9.59 Å². The Hall–Kier alpha value is -2.40. The standard InChI is InChI=1S/C51H90O5/c1-4-7-10-13-16-19-21-23-25-26-28-29-31-33-35-38-41-44-50(52)55-48-49(47-54-46-43-40-37-18-15-12-9-6-3)56-51(53)45-42-39-36-34-32-30-27-24-22-20-17-14-11-8-5-2/h7,10,16,19,23-25,27-29,49H,4-6,8-9,11-15,17-18,20-22,26,30-48H2,1-3H3/b10-7-,19-16-,25-23-,27-24-,29-28-. The van der Waals surface area contributed by atoms with Gasteiger partial charge in [0.1, 0.15) is 6.61 Å². The number of ether oxygens (including phenoxy) is 3.